The van der Waals surface area contributed by atoms with Crippen LogP contribution in [0.25, 0.3) is 0 Å². The lowest BCUT2D eigenvalue weighted by Crippen LogP contribution is -2.08. The van der Waals surface area contributed by atoms with E-state index in [1.807, 2.05) is 0 Å². The van der Waals surface area contributed by atoms with Crippen LogP contribution in [-0.2, 0) is 14.9 Å². The van der Waals surface area contributed by atoms with Gasteiger partial charge in [-0.15, -0.1) is 0 Å². The third kappa shape index (κ3) is 21.9. The summed E-state index contributed by atoms with van der Waals surface area (Å²) < 4.78 is 34.2. The predicted octanol–water partition coefficient (Wildman–Crippen LogP) is 6.11. The van der Waals surface area contributed by atoms with Crippen LogP contribution in [0.3, 0.4) is 0 Å². The number of rotatable bonds is 19. The molecule has 0 saturated heterocycles. The van der Waals surface area contributed by atoms with Gasteiger partial charge in [0.25, 0.3) is 10.1 Å². The Balaban J connectivity index is 3.03. The molecule has 0 fully saturated rings. The Morgan fingerprint density at radius 2 is 0.958 bits per heavy atom. The summed E-state index contributed by atoms with van der Waals surface area (Å²) in [6, 6.07) is 0. The average Bonchev–Trinajstić information content (AvgIpc) is 2.52. The Hall–Kier alpha value is -0.130. The maximum absolute atomic E-state index is 10.4. The van der Waals surface area contributed by atoms with Crippen molar-refractivity contribution in [1.29, 1.82) is 0 Å². The molecule has 0 saturated carbocycles. The highest BCUT2D eigenvalue weighted by atomic mass is 32.2. The van der Waals surface area contributed by atoms with Crippen LogP contribution in [-0.4, -0.2) is 25.5 Å². The van der Waals surface area contributed by atoms with Crippen molar-refractivity contribution in [3.8, 4) is 0 Å². The lowest BCUT2D eigenvalue weighted by Gasteiger charge is -2.04. The van der Waals surface area contributed by atoms with Crippen molar-refractivity contribution in [3.63, 3.8) is 0 Å². The monoisotopic (exact) mass is 364 g/mol. The van der Waals surface area contributed by atoms with Gasteiger partial charge in [0.05, 0.1) is 0 Å². The Kier molecular flexibility index (Phi) is 17.6. The smallest absolute Gasteiger partial charge is 0.289 e. The summed E-state index contributed by atoms with van der Waals surface area (Å²) in [6.45, 7) is 2.68. The third-order valence-corrected chi connectivity index (χ3v) is 4.84. The summed E-state index contributed by atoms with van der Waals surface area (Å²) in [5, 5.41) is 0. The zero-order chi connectivity index (χ0) is 17.9. The summed E-state index contributed by atoms with van der Waals surface area (Å²) in [5.41, 5.74) is 0. The van der Waals surface area contributed by atoms with Crippen LogP contribution in [0.5, 0.6) is 0 Å². The van der Waals surface area contributed by atoms with Crippen LogP contribution < -0.4 is 0 Å². The van der Waals surface area contributed by atoms with E-state index in [0.717, 1.165) is 12.8 Å². The van der Waals surface area contributed by atoms with E-state index in [1.165, 1.54) is 89.9 Å². The lowest BCUT2D eigenvalue weighted by atomic mass is 10.0. The minimum absolute atomic E-state index is 0.415. The molecule has 0 aromatic rings. The summed E-state index contributed by atoms with van der Waals surface area (Å²) in [7, 11) is -3.97. The molecule has 0 aliphatic heterocycles. The SMILES string of the molecule is CCCCCCCCCCCCCCCCCCOCS(=O)(=O)O. The van der Waals surface area contributed by atoms with E-state index in [2.05, 4.69) is 6.92 Å². The molecule has 5 heteroatoms. The Morgan fingerprint density at radius 3 is 1.29 bits per heavy atom. The highest BCUT2D eigenvalue weighted by Gasteiger charge is 2.02. The number of hydrogen-bond donors (Lipinski definition) is 1. The molecule has 0 unspecified atom stereocenters. The molecule has 0 bridgehead atoms. The van der Waals surface area contributed by atoms with E-state index in [-0.39, 0.29) is 0 Å². The molecule has 0 aliphatic carbocycles. The van der Waals surface area contributed by atoms with E-state index >= 15 is 0 Å². The van der Waals surface area contributed by atoms with E-state index in [0.29, 0.717) is 6.61 Å². The standard InChI is InChI=1S/C19H40O4S/c1-2-3-4-5-6-7-8-9-10-11-12-13-14-15-16-17-18-23-19-24(20,21)22/h2-19H2,1H3,(H,20,21,22). The maximum Gasteiger partial charge on any atom is 0.289 e. The van der Waals surface area contributed by atoms with Crippen LogP contribution in [0.2, 0.25) is 0 Å². The lowest BCUT2D eigenvalue weighted by molar-refractivity contribution is 0.165. The summed E-state index contributed by atoms with van der Waals surface area (Å²) in [4.78, 5) is 0. The number of unbranched alkanes of at least 4 members (excludes halogenated alkanes) is 15. The van der Waals surface area contributed by atoms with Gasteiger partial charge in [0.15, 0.2) is 5.94 Å². The van der Waals surface area contributed by atoms with Crippen molar-refractivity contribution in [2.24, 2.45) is 0 Å². The molecule has 0 rings (SSSR count). The molecule has 0 amide bonds. The van der Waals surface area contributed by atoms with Crippen molar-refractivity contribution in [2.75, 3.05) is 12.5 Å². The fourth-order valence-electron chi connectivity index (χ4n) is 2.92. The van der Waals surface area contributed by atoms with Crippen molar-refractivity contribution in [2.45, 2.75) is 110 Å². The van der Waals surface area contributed by atoms with Crippen LogP contribution >= 0.6 is 0 Å². The van der Waals surface area contributed by atoms with Gasteiger partial charge in [-0.25, -0.2) is 0 Å². The van der Waals surface area contributed by atoms with Crippen molar-refractivity contribution < 1.29 is 17.7 Å². The topological polar surface area (TPSA) is 63.6 Å². The van der Waals surface area contributed by atoms with E-state index in [1.54, 1.807) is 0 Å². The fraction of sp³-hybridized carbons (Fsp3) is 1.00. The first-order valence-electron chi connectivity index (χ1n) is 10.1. The molecule has 0 aliphatic rings. The summed E-state index contributed by atoms with van der Waals surface area (Å²) >= 11 is 0. The molecular weight excluding hydrogens is 324 g/mol. The second kappa shape index (κ2) is 17.7. The first-order valence-corrected chi connectivity index (χ1v) is 11.7. The number of ether oxygens (including phenoxy) is 1. The fourth-order valence-corrected chi connectivity index (χ4v) is 3.24. The first kappa shape index (κ1) is 23.9. The minimum atomic E-state index is -3.97. The predicted molar refractivity (Wildman–Crippen MR) is 102 cm³/mol. The second-order valence-corrected chi connectivity index (χ2v) is 8.31. The average molecular weight is 365 g/mol. The Bertz CT molecular complexity index is 341. The van der Waals surface area contributed by atoms with Gasteiger partial charge >= 0.3 is 0 Å². The molecule has 146 valence electrons. The molecule has 0 radical (unpaired) electrons. The zero-order valence-corrected chi connectivity index (χ0v) is 16.6. The van der Waals surface area contributed by atoms with Crippen LogP contribution in [0.15, 0.2) is 0 Å². The van der Waals surface area contributed by atoms with Crippen molar-refractivity contribution >= 4 is 10.1 Å². The molecule has 24 heavy (non-hydrogen) atoms. The van der Waals surface area contributed by atoms with Crippen molar-refractivity contribution in [3.05, 3.63) is 0 Å². The zero-order valence-electron chi connectivity index (χ0n) is 15.8. The number of hydrogen-bond acceptors (Lipinski definition) is 3. The third-order valence-electron chi connectivity index (χ3n) is 4.37. The van der Waals surface area contributed by atoms with Gasteiger partial charge in [-0.1, -0.05) is 103 Å². The highest BCUT2D eigenvalue weighted by molar-refractivity contribution is 7.85. The van der Waals surface area contributed by atoms with Crippen LogP contribution in [0, 0.1) is 0 Å². The highest BCUT2D eigenvalue weighted by Crippen LogP contribution is 2.13. The maximum atomic E-state index is 10.4. The molecule has 0 aromatic heterocycles. The second-order valence-electron chi connectivity index (χ2n) is 6.91. The van der Waals surface area contributed by atoms with Gasteiger partial charge in [0.2, 0.25) is 0 Å². The van der Waals surface area contributed by atoms with Gasteiger partial charge in [0, 0.05) is 6.61 Å². The van der Waals surface area contributed by atoms with Crippen LogP contribution in [0.4, 0.5) is 0 Å². The van der Waals surface area contributed by atoms with Gasteiger partial charge in [-0.2, -0.15) is 8.42 Å². The Morgan fingerprint density at radius 1 is 0.625 bits per heavy atom. The molecule has 0 spiro atoms. The van der Waals surface area contributed by atoms with Crippen molar-refractivity contribution in [1.82, 2.24) is 0 Å². The van der Waals surface area contributed by atoms with Gasteiger partial charge in [-0.05, 0) is 6.42 Å². The van der Waals surface area contributed by atoms with Crippen LogP contribution in [0.1, 0.15) is 110 Å². The van der Waals surface area contributed by atoms with Gasteiger partial charge in [0.1, 0.15) is 0 Å². The van der Waals surface area contributed by atoms with E-state index in [4.69, 9.17) is 9.29 Å². The molecule has 0 atom stereocenters. The summed E-state index contributed by atoms with van der Waals surface area (Å²) in [5.74, 6) is -0.578. The molecule has 1 N–H and O–H groups in total. The Labute approximate surface area is 150 Å². The van der Waals surface area contributed by atoms with E-state index in [9.17, 15) is 8.42 Å². The van der Waals surface area contributed by atoms with Gasteiger partial charge < -0.3 is 4.74 Å². The quantitative estimate of drug-likeness (QED) is 0.222. The van der Waals surface area contributed by atoms with Gasteiger partial charge in [-0.3, -0.25) is 4.55 Å². The normalized spacial score (nSPS) is 11.9. The summed E-state index contributed by atoms with van der Waals surface area (Å²) in [6.07, 6.45) is 21.0. The minimum Gasteiger partial charge on any atom is -0.363 e. The largest absolute Gasteiger partial charge is 0.363 e. The molecule has 0 heterocycles. The molecule has 0 aromatic carbocycles. The molecular formula is C19H40O4S. The first-order chi connectivity index (χ1) is 11.6. The molecule has 4 nitrogen and oxygen atoms in total. The van der Waals surface area contributed by atoms with E-state index < -0.39 is 16.1 Å².